The Morgan fingerprint density at radius 3 is 2.40 bits per heavy atom. The van der Waals surface area contributed by atoms with Crippen LogP contribution < -0.4 is 14.8 Å². The molecular weight excluding hydrogens is 318 g/mol. The summed E-state index contributed by atoms with van der Waals surface area (Å²) in [4.78, 5) is 12.3. The largest absolute Gasteiger partial charge is 0.504 e. The number of nitrogens with one attached hydrogen (secondary N) is 1. The van der Waals surface area contributed by atoms with Gasteiger partial charge < -0.3 is 19.9 Å². The monoisotopic (exact) mass is 345 g/mol. The minimum absolute atomic E-state index is 0.0159. The van der Waals surface area contributed by atoms with Crippen molar-refractivity contribution < 1.29 is 19.4 Å². The molecule has 136 valence electrons. The summed E-state index contributed by atoms with van der Waals surface area (Å²) in [6.07, 6.45) is 5.75. The summed E-state index contributed by atoms with van der Waals surface area (Å²) in [5.74, 6) is 0.475. The SMILES string of the molecule is C=C/C=C1\C(=C/C)NC(=O)C1Cc1cc(O)c(OC)cc1OC.CC. The molecule has 2 rings (SSSR count). The third-order valence-corrected chi connectivity index (χ3v) is 3.85. The van der Waals surface area contributed by atoms with Gasteiger partial charge in [0, 0.05) is 11.8 Å². The second-order valence-corrected chi connectivity index (χ2v) is 5.14. The van der Waals surface area contributed by atoms with Crippen molar-refractivity contribution in [2.75, 3.05) is 14.2 Å². The highest BCUT2D eigenvalue weighted by Gasteiger charge is 2.33. The van der Waals surface area contributed by atoms with Crippen LogP contribution >= 0.6 is 0 Å². The summed E-state index contributed by atoms with van der Waals surface area (Å²) in [6, 6.07) is 3.19. The van der Waals surface area contributed by atoms with Crippen LogP contribution in [-0.4, -0.2) is 25.2 Å². The van der Waals surface area contributed by atoms with Crippen LogP contribution in [0.2, 0.25) is 0 Å². The van der Waals surface area contributed by atoms with E-state index in [2.05, 4.69) is 11.9 Å². The normalized spacial score (nSPS) is 19.2. The fourth-order valence-electron chi connectivity index (χ4n) is 2.72. The molecule has 1 aromatic rings. The van der Waals surface area contributed by atoms with Gasteiger partial charge in [-0.1, -0.05) is 38.7 Å². The number of phenols is 1. The smallest absolute Gasteiger partial charge is 0.232 e. The van der Waals surface area contributed by atoms with Gasteiger partial charge in [0.15, 0.2) is 11.5 Å². The van der Waals surface area contributed by atoms with E-state index in [1.54, 1.807) is 25.3 Å². The maximum atomic E-state index is 12.3. The van der Waals surface area contributed by atoms with E-state index in [9.17, 15) is 9.90 Å². The number of phenolic OH excluding ortho intramolecular Hbond substituents is 1. The van der Waals surface area contributed by atoms with Gasteiger partial charge >= 0.3 is 0 Å². The number of carbonyl (C=O) groups excluding carboxylic acids is 1. The molecule has 1 unspecified atom stereocenters. The Kier molecular flexibility index (Phi) is 7.79. The number of aromatic hydroxyl groups is 1. The lowest BCUT2D eigenvalue weighted by molar-refractivity contribution is -0.121. The molecule has 0 aliphatic carbocycles. The van der Waals surface area contributed by atoms with Crippen LogP contribution in [0.1, 0.15) is 26.3 Å². The molecule has 1 amide bonds. The molecule has 0 saturated carbocycles. The average Bonchev–Trinajstić information content (AvgIpc) is 2.93. The van der Waals surface area contributed by atoms with Crippen LogP contribution in [0.5, 0.6) is 17.2 Å². The van der Waals surface area contributed by atoms with Crippen LogP contribution in [0.4, 0.5) is 0 Å². The predicted molar refractivity (Wildman–Crippen MR) is 99.9 cm³/mol. The molecular formula is C20H27NO4. The molecule has 0 bridgehead atoms. The van der Waals surface area contributed by atoms with Crippen molar-refractivity contribution in [2.24, 2.45) is 5.92 Å². The maximum absolute atomic E-state index is 12.3. The Bertz CT molecular complexity index is 689. The number of carbonyl (C=O) groups is 1. The molecule has 1 heterocycles. The molecule has 5 nitrogen and oxygen atoms in total. The molecule has 0 radical (unpaired) electrons. The summed E-state index contributed by atoms with van der Waals surface area (Å²) in [6.45, 7) is 9.58. The van der Waals surface area contributed by atoms with Crippen LogP contribution in [0, 0.1) is 5.92 Å². The second kappa shape index (κ2) is 9.57. The van der Waals surface area contributed by atoms with Gasteiger partial charge in [0.25, 0.3) is 0 Å². The molecule has 0 aromatic heterocycles. The van der Waals surface area contributed by atoms with Gasteiger partial charge in [-0.15, -0.1) is 0 Å². The number of allylic oxidation sites excluding steroid dienone is 4. The van der Waals surface area contributed by atoms with E-state index in [1.165, 1.54) is 7.11 Å². The van der Waals surface area contributed by atoms with E-state index >= 15 is 0 Å². The predicted octanol–water partition coefficient (Wildman–Crippen LogP) is 3.74. The zero-order chi connectivity index (χ0) is 19.0. The van der Waals surface area contributed by atoms with Crippen molar-refractivity contribution in [1.29, 1.82) is 0 Å². The zero-order valence-electron chi connectivity index (χ0n) is 15.6. The number of ether oxygens (including phenoxy) is 2. The second-order valence-electron chi connectivity index (χ2n) is 5.14. The van der Waals surface area contributed by atoms with Gasteiger partial charge in [-0.05, 0) is 30.5 Å². The van der Waals surface area contributed by atoms with E-state index < -0.39 is 0 Å². The summed E-state index contributed by atoms with van der Waals surface area (Å²) in [5.41, 5.74) is 2.40. The number of benzene rings is 1. The quantitative estimate of drug-likeness (QED) is 0.853. The molecule has 1 aliphatic heterocycles. The Labute approximate surface area is 149 Å². The number of amides is 1. The standard InChI is InChI=1S/C18H21NO4.C2H6/c1-5-7-12-13(18(21)19-14(12)6-2)8-11-9-15(20)17(23-4)10-16(11)22-3;1-2/h5-7,9-10,13,20H,1,8H2,2-4H3,(H,19,21);1-2H3/b12-7-,14-6+;. The molecule has 25 heavy (non-hydrogen) atoms. The highest BCUT2D eigenvalue weighted by atomic mass is 16.5. The maximum Gasteiger partial charge on any atom is 0.232 e. The fraction of sp³-hybridized carbons (Fsp3) is 0.350. The van der Waals surface area contributed by atoms with Crippen molar-refractivity contribution in [1.82, 2.24) is 5.32 Å². The lowest BCUT2D eigenvalue weighted by Crippen LogP contribution is -2.20. The number of rotatable bonds is 5. The fourth-order valence-corrected chi connectivity index (χ4v) is 2.72. The third kappa shape index (κ3) is 4.44. The molecule has 5 heteroatoms. The van der Waals surface area contributed by atoms with Crippen LogP contribution in [0.15, 0.2) is 48.2 Å². The van der Waals surface area contributed by atoms with Crippen molar-refractivity contribution in [3.63, 3.8) is 0 Å². The Morgan fingerprint density at radius 1 is 1.24 bits per heavy atom. The lowest BCUT2D eigenvalue weighted by atomic mass is 9.91. The average molecular weight is 345 g/mol. The summed E-state index contributed by atoms with van der Waals surface area (Å²) in [5, 5.41) is 12.9. The zero-order valence-corrected chi connectivity index (χ0v) is 15.6. The molecule has 0 spiro atoms. The minimum Gasteiger partial charge on any atom is -0.504 e. The van der Waals surface area contributed by atoms with Gasteiger partial charge in [-0.3, -0.25) is 4.79 Å². The van der Waals surface area contributed by atoms with E-state index in [0.717, 1.165) is 16.8 Å². The summed E-state index contributed by atoms with van der Waals surface area (Å²) in [7, 11) is 3.02. The van der Waals surface area contributed by atoms with Gasteiger partial charge in [0.05, 0.1) is 20.1 Å². The first-order valence-corrected chi connectivity index (χ1v) is 8.29. The van der Waals surface area contributed by atoms with Crippen molar-refractivity contribution in [2.45, 2.75) is 27.2 Å². The number of hydrogen-bond donors (Lipinski definition) is 2. The molecule has 1 atom stereocenters. The van der Waals surface area contributed by atoms with Gasteiger partial charge in [0.1, 0.15) is 5.75 Å². The summed E-state index contributed by atoms with van der Waals surface area (Å²) < 4.78 is 10.4. The van der Waals surface area contributed by atoms with E-state index in [1.807, 2.05) is 32.9 Å². The lowest BCUT2D eigenvalue weighted by Gasteiger charge is -2.15. The van der Waals surface area contributed by atoms with Crippen molar-refractivity contribution in [3.05, 3.63) is 53.8 Å². The molecule has 1 aliphatic rings. The third-order valence-electron chi connectivity index (χ3n) is 3.85. The molecule has 1 fully saturated rings. The minimum atomic E-state index is -0.360. The first kappa shape index (κ1) is 20.4. The van der Waals surface area contributed by atoms with Crippen LogP contribution in [0.25, 0.3) is 0 Å². The highest BCUT2D eigenvalue weighted by Crippen LogP contribution is 2.37. The van der Waals surface area contributed by atoms with Gasteiger partial charge in [-0.2, -0.15) is 0 Å². The Balaban J connectivity index is 0.00000151. The van der Waals surface area contributed by atoms with Crippen molar-refractivity contribution >= 4 is 5.91 Å². The summed E-state index contributed by atoms with van der Waals surface area (Å²) >= 11 is 0. The van der Waals surface area contributed by atoms with Crippen LogP contribution in [-0.2, 0) is 11.2 Å². The molecule has 2 N–H and O–H groups in total. The van der Waals surface area contributed by atoms with E-state index in [-0.39, 0.29) is 17.6 Å². The highest BCUT2D eigenvalue weighted by molar-refractivity contribution is 5.90. The van der Waals surface area contributed by atoms with E-state index in [4.69, 9.17) is 9.47 Å². The topological polar surface area (TPSA) is 67.8 Å². The first-order chi connectivity index (χ1) is 12.0. The van der Waals surface area contributed by atoms with Gasteiger partial charge in [-0.25, -0.2) is 0 Å². The van der Waals surface area contributed by atoms with E-state index in [0.29, 0.717) is 17.9 Å². The number of methoxy groups -OCH3 is 2. The van der Waals surface area contributed by atoms with Crippen LogP contribution in [0.3, 0.4) is 0 Å². The Morgan fingerprint density at radius 2 is 1.88 bits per heavy atom. The van der Waals surface area contributed by atoms with Gasteiger partial charge in [0.2, 0.25) is 5.91 Å². The Hall–Kier alpha value is -2.69. The molecule has 1 saturated heterocycles. The number of hydrogen-bond acceptors (Lipinski definition) is 4. The van der Waals surface area contributed by atoms with Crippen molar-refractivity contribution in [3.8, 4) is 17.2 Å². The molecule has 1 aromatic carbocycles. The first-order valence-electron chi connectivity index (χ1n) is 8.29.